The van der Waals surface area contributed by atoms with Crippen molar-refractivity contribution in [3.05, 3.63) is 66.5 Å². The Hall–Kier alpha value is -2.82. The molecule has 2 aromatic carbocycles. The minimum atomic E-state index is 0.600. The van der Waals surface area contributed by atoms with Gasteiger partial charge in [-0.25, -0.2) is 0 Å². The van der Waals surface area contributed by atoms with Gasteiger partial charge in [0.05, 0.1) is 12.2 Å². The highest BCUT2D eigenvalue weighted by molar-refractivity contribution is 5.57. The summed E-state index contributed by atoms with van der Waals surface area (Å²) in [6, 6.07) is 17.6. The summed E-state index contributed by atoms with van der Waals surface area (Å²) in [5.41, 5.74) is 1.80. The number of nitrogens with one attached hydrogen (secondary N) is 1. The number of ether oxygens (including phenoxy) is 1. The van der Waals surface area contributed by atoms with Gasteiger partial charge in [0.1, 0.15) is 11.4 Å². The molecule has 0 saturated heterocycles. The van der Waals surface area contributed by atoms with Crippen LogP contribution in [0.1, 0.15) is 5.69 Å². The summed E-state index contributed by atoms with van der Waals surface area (Å²) >= 11 is 0. The topological polar surface area (TPSA) is 52.0 Å². The molecule has 106 valence electrons. The Morgan fingerprint density at radius 2 is 1.81 bits per heavy atom. The van der Waals surface area contributed by atoms with Crippen molar-refractivity contribution in [1.82, 2.24) is 15.0 Å². The van der Waals surface area contributed by atoms with Crippen molar-refractivity contribution in [3.63, 3.8) is 0 Å². The lowest BCUT2D eigenvalue weighted by molar-refractivity contribution is 0.484. The molecule has 0 saturated carbocycles. The van der Waals surface area contributed by atoms with E-state index in [-0.39, 0.29) is 0 Å². The van der Waals surface area contributed by atoms with Crippen molar-refractivity contribution in [2.75, 3.05) is 5.32 Å². The molecule has 0 atom stereocenters. The van der Waals surface area contributed by atoms with Crippen LogP contribution in [0.3, 0.4) is 0 Å². The number of aromatic nitrogens is 3. The third-order valence-corrected chi connectivity index (χ3v) is 2.97. The number of anilines is 1. The van der Waals surface area contributed by atoms with E-state index in [4.69, 9.17) is 4.74 Å². The second-order valence-electron chi connectivity index (χ2n) is 4.65. The molecule has 3 aromatic rings. The molecule has 0 unspecified atom stereocenters. The number of para-hydroxylation sites is 3. The Balaban J connectivity index is 1.73. The number of nitrogens with zero attached hydrogens (tertiary/aromatic N) is 3. The van der Waals surface area contributed by atoms with Crippen LogP contribution in [0.5, 0.6) is 11.5 Å². The number of benzene rings is 2. The van der Waals surface area contributed by atoms with Crippen LogP contribution < -0.4 is 10.1 Å². The number of rotatable bonds is 5. The van der Waals surface area contributed by atoms with E-state index in [9.17, 15) is 0 Å². The van der Waals surface area contributed by atoms with E-state index in [1.165, 1.54) is 0 Å². The van der Waals surface area contributed by atoms with Crippen LogP contribution in [-0.4, -0.2) is 15.0 Å². The SMILES string of the molecule is Cn1cc(CNc2ccccc2Oc2ccccc2)nn1. The van der Waals surface area contributed by atoms with E-state index < -0.39 is 0 Å². The maximum Gasteiger partial charge on any atom is 0.150 e. The smallest absolute Gasteiger partial charge is 0.150 e. The first-order valence-corrected chi connectivity index (χ1v) is 6.72. The fraction of sp³-hybridized carbons (Fsp3) is 0.125. The third kappa shape index (κ3) is 3.39. The highest BCUT2D eigenvalue weighted by Crippen LogP contribution is 2.29. The van der Waals surface area contributed by atoms with E-state index in [0.717, 1.165) is 22.9 Å². The monoisotopic (exact) mass is 280 g/mol. The predicted molar refractivity (Wildman–Crippen MR) is 81.3 cm³/mol. The second-order valence-corrected chi connectivity index (χ2v) is 4.65. The molecule has 1 aromatic heterocycles. The van der Waals surface area contributed by atoms with Crippen LogP contribution >= 0.6 is 0 Å². The first-order valence-electron chi connectivity index (χ1n) is 6.72. The molecule has 21 heavy (non-hydrogen) atoms. The Morgan fingerprint density at radius 1 is 1.05 bits per heavy atom. The highest BCUT2D eigenvalue weighted by atomic mass is 16.5. The Labute approximate surface area is 123 Å². The molecule has 0 aliphatic carbocycles. The molecule has 1 heterocycles. The van der Waals surface area contributed by atoms with E-state index in [1.54, 1.807) is 4.68 Å². The van der Waals surface area contributed by atoms with E-state index in [1.807, 2.05) is 67.8 Å². The largest absolute Gasteiger partial charge is 0.455 e. The van der Waals surface area contributed by atoms with Gasteiger partial charge in [-0.05, 0) is 24.3 Å². The summed E-state index contributed by atoms with van der Waals surface area (Å²) in [6.45, 7) is 0.600. The zero-order chi connectivity index (χ0) is 14.5. The van der Waals surface area contributed by atoms with Gasteiger partial charge in [-0.2, -0.15) is 0 Å². The maximum absolute atomic E-state index is 5.90. The number of hydrogen-bond donors (Lipinski definition) is 1. The summed E-state index contributed by atoms with van der Waals surface area (Å²) in [6.07, 6.45) is 1.88. The number of hydrogen-bond acceptors (Lipinski definition) is 4. The molecule has 0 radical (unpaired) electrons. The van der Waals surface area contributed by atoms with Gasteiger partial charge < -0.3 is 10.1 Å². The van der Waals surface area contributed by atoms with Crippen LogP contribution in [0.15, 0.2) is 60.8 Å². The molecule has 3 rings (SSSR count). The van der Waals surface area contributed by atoms with Gasteiger partial charge in [-0.15, -0.1) is 5.10 Å². The first kappa shape index (κ1) is 13.2. The number of aryl methyl sites for hydroxylation is 1. The third-order valence-electron chi connectivity index (χ3n) is 2.97. The summed E-state index contributed by atoms with van der Waals surface area (Å²) < 4.78 is 7.58. The van der Waals surface area contributed by atoms with Crippen LogP contribution in [-0.2, 0) is 13.6 Å². The Morgan fingerprint density at radius 3 is 2.57 bits per heavy atom. The van der Waals surface area contributed by atoms with Gasteiger partial charge in [0.15, 0.2) is 5.75 Å². The Kier molecular flexibility index (Phi) is 3.82. The van der Waals surface area contributed by atoms with Gasteiger partial charge in [0.2, 0.25) is 0 Å². The Bertz CT molecular complexity index is 709. The maximum atomic E-state index is 5.90. The lowest BCUT2D eigenvalue weighted by Crippen LogP contribution is -2.01. The molecule has 0 amide bonds. The van der Waals surface area contributed by atoms with E-state index in [0.29, 0.717) is 6.54 Å². The molecule has 0 spiro atoms. The van der Waals surface area contributed by atoms with Crippen LogP contribution in [0.2, 0.25) is 0 Å². The van der Waals surface area contributed by atoms with Crippen LogP contribution in [0.25, 0.3) is 0 Å². The summed E-state index contributed by atoms with van der Waals surface area (Å²) in [7, 11) is 1.85. The highest BCUT2D eigenvalue weighted by Gasteiger charge is 2.05. The average Bonchev–Trinajstić information content (AvgIpc) is 2.93. The zero-order valence-corrected chi connectivity index (χ0v) is 11.7. The van der Waals surface area contributed by atoms with Gasteiger partial charge >= 0.3 is 0 Å². The van der Waals surface area contributed by atoms with E-state index in [2.05, 4.69) is 15.6 Å². The predicted octanol–water partition coefficient (Wildman–Crippen LogP) is 3.22. The molecular weight excluding hydrogens is 264 g/mol. The summed E-state index contributed by atoms with van der Waals surface area (Å²) in [5, 5.41) is 11.3. The van der Waals surface area contributed by atoms with Gasteiger partial charge in [-0.3, -0.25) is 4.68 Å². The lowest BCUT2D eigenvalue weighted by Gasteiger charge is -2.12. The van der Waals surface area contributed by atoms with Crippen LogP contribution in [0.4, 0.5) is 5.69 Å². The van der Waals surface area contributed by atoms with Gasteiger partial charge in [0.25, 0.3) is 0 Å². The molecular formula is C16H16N4O. The van der Waals surface area contributed by atoms with Gasteiger partial charge in [0, 0.05) is 13.2 Å². The summed E-state index contributed by atoms with van der Waals surface area (Å²) in [4.78, 5) is 0. The summed E-state index contributed by atoms with van der Waals surface area (Å²) in [5.74, 6) is 1.60. The van der Waals surface area contributed by atoms with Crippen molar-refractivity contribution in [2.24, 2.45) is 7.05 Å². The molecule has 0 fully saturated rings. The van der Waals surface area contributed by atoms with Crippen molar-refractivity contribution in [2.45, 2.75) is 6.54 Å². The fourth-order valence-electron chi connectivity index (χ4n) is 1.98. The minimum Gasteiger partial charge on any atom is -0.455 e. The van der Waals surface area contributed by atoms with Crippen molar-refractivity contribution < 1.29 is 4.74 Å². The molecule has 0 aliphatic heterocycles. The molecule has 5 heteroatoms. The molecule has 0 aliphatic rings. The van der Waals surface area contributed by atoms with Crippen LogP contribution in [0, 0.1) is 0 Å². The molecule has 5 nitrogen and oxygen atoms in total. The second kappa shape index (κ2) is 6.09. The van der Waals surface area contributed by atoms with Crippen molar-refractivity contribution in [1.29, 1.82) is 0 Å². The molecule has 1 N–H and O–H groups in total. The quantitative estimate of drug-likeness (QED) is 0.779. The van der Waals surface area contributed by atoms with Crippen molar-refractivity contribution >= 4 is 5.69 Å². The first-order chi connectivity index (χ1) is 10.3. The minimum absolute atomic E-state index is 0.600. The average molecular weight is 280 g/mol. The van der Waals surface area contributed by atoms with Crippen molar-refractivity contribution in [3.8, 4) is 11.5 Å². The fourth-order valence-corrected chi connectivity index (χ4v) is 1.98. The standard InChI is InChI=1S/C16H16N4O/c1-20-12-13(18-19-20)11-17-15-9-5-6-10-16(15)21-14-7-3-2-4-8-14/h2-10,12,17H,11H2,1H3. The molecule has 0 bridgehead atoms. The zero-order valence-electron chi connectivity index (χ0n) is 11.7. The van der Waals surface area contributed by atoms with Gasteiger partial charge in [-0.1, -0.05) is 35.5 Å². The normalized spacial score (nSPS) is 10.3. The lowest BCUT2D eigenvalue weighted by atomic mass is 10.2. The van der Waals surface area contributed by atoms with E-state index >= 15 is 0 Å².